The number of likely N-dealkylation sites (tertiary alicyclic amines) is 1. The summed E-state index contributed by atoms with van der Waals surface area (Å²) in [6.07, 6.45) is 4.09. The molecule has 1 aromatic heterocycles. The van der Waals surface area contributed by atoms with Gasteiger partial charge in [0, 0.05) is 38.2 Å². The SMILES string of the molecule is O=C(CCc1ccco1)Nc1ccccc1CN1CCC(O)CC1. The third-order valence-corrected chi connectivity index (χ3v) is 4.42. The van der Waals surface area contributed by atoms with Crippen LogP contribution in [0.5, 0.6) is 0 Å². The highest BCUT2D eigenvalue weighted by atomic mass is 16.3. The summed E-state index contributed by atoms with van der Waals surface area (Å²) in [5.74, 6) is 0.818. The number of benzene rings is 1. The zero-order chi connectivity index (χ0) is 16.8. The molecule has 3 rings (SSSR count). The van der Waals surface area contributed by atoms with Crippen LogP contribution in [0.15, 0.2) is 47.1 Å². The first-order valence-electron chi connectivity index (χ1n) is 8.51. The Bertz CT molecular complexity index is 646. The smallest absolute Gasteiger partial charge is 0.224 e. The molecule has 0 atom stereocenters. The quantitative estimate of drug-likeness (QED) is 0.856. The highest BCUT2D eigenvalue weighted by Crippen LogP contribution is 2.20. The number of hydrogen-bond acceptors (Lipinski definition) is 4. The van der Waals surface area contributed by atoms with Gasteiger partial charge in [0.1, 0.15) is 5.76 Å². The van der Waals surface area contributed by atoms with E-state index < -0.39 is 0 Å². The lowest BCUT2D eigenvalue weighted by atomic mass is 10.1. The molecular formula is C19H24N2O3. The molecule has 0 radical (unpaired) electrons. The number of aryl methyl sites for hydroxylation is 1. The van der Waals surface area contributed by atoms with Crippen molar-refractivity contribution in [2.45, 2.75) is 38.3 Å². The van der Waals surface area contributed by atoms with Crippen molar-refractivity contribution < 1.29 is 14.3 Å². The van der Waals surface area contributed by atoms with Crippen LogP contribution in [0.2, 0.25) is 0 Å². The second-order valence-corrected chi connectivity index (χ2v) is 6.29. The molecule has 24 heavy (non-hydrogen) atoms. The summed E-state index contributed by atoms with van der Waals surface area (Å²) in [4.78, 5) is 14.5. The monoisotopic (exact) mass is 328 g/mol. The molecule has 0 aliphatic carbocycles. The van der Waals surface area contributed by atoms with Gasteiger partial charge in [-0.15, -0.1) is 0 Å². The lowest BCUT2D eigenvalue weighted by Crippen LogP contribution is -2.35. The summed E-state index contributed by atoms with van der Waals surface area (Å²) in [5.41, 5.74) is 1.98. The molecule has 5 nitrogen and oxygen atoms in total. The minimum absolute atomic E-state index is 0.00656. The number of nitrogens with one attached hydrogen (secondary N) is 1. The van der Waals surface area contributed by atoms with Gasteiger partial charge >= 0.3 is 0 Å². The molecule has 0 bridgehead atoms. The first-order valence-corrected chi connectivity index (χ1v) is 8.51. The number of nitrogens with zero attached hydrogens (tertiary/aromatic N) is 1. The van der Waals surface area contributed by atoms with Gasteiger partial charge in [0.25, 0.3) is 0 Å². The lowest BCUT2D eigenvalue weighted by molar-refractivity contribution is -0.116. The number of rotatable bonds is 6. The van der Waals surface area contributed by atoms with Crippen LogP contribution >= 0.6 is 0 Å². The van der Waals surface area contributed by atoms with Crippen LogP contribution in [-0.4, -0.2) is 35.1 Å². The van der Waals surface area contributed by atoms with Gasteiger partial charge in [-0.1, -0.05) is 18.2 Å². The van der Waals surface area contributed by atoms with Crippen molar-refractivity contribution in [3.8, 4) is 0 Å². The van der Waals surface area contributed by atoms with Crippen molar-refractivity contribution >= 4 is 11.6 Å². The third kappa shape index (κ3) is 4.69. The Hall–Kier alpha value is -2.11. The van der Waals surface area contributed by atoms with Crippen LogP contribution in [0, 0.1) is 0 Å². The topological polar surface area (TPSA) is 65.7 Å². The van der Waals surface area contributed by atoms with E-state index in [2.05, 4.69) is 10.2 Å². The molecule has 1 aliphatic heterocycles. The van der Waals surface area contributed by atoms with Crippen LogP contribution < -0.4 is 5.32 Å². The van der Waals surface area contributed by atoms with Gasteiger partial charge in [0.05, 0.1) is 12.4 Å². The van der Waals surface area contributed by atoms with Gasteiger partial charge in [0.2, 0.25) is 5.91 Å². The van der Waals surface area contributed by atoms with Gasteiger partial charge < -0.3 is 14.8 Å². The van der Waals surface area contributed by atoms with Crippen LogP contribution in [0.4, 0.5) is 5.69 Å². The fraction of sp³-hybridized carbons (Fsp3) is 0.421. The van der Waals surface area contributed by atoms with Crippen LogP contribution in [0.1, 0.15) is 30.6 Å². The molecule has 1 fully saturated rings. The maximum Gasteiger partial charge on any atom is 0.224 e. The standard InChI is InChI=1S/C19H24N2O3/c22-16-9-11-21(12-10-16)14-15-4-1-2-6-18(15)20-19(23)8-7-17-5-3-13-24-17/h1-6,13,16,22H,7-12,14H2,(H,20,23). The summed E-state index contributed by atoms with van der Waals surface area (Å²) < 4.78 is 5.26. The van der Waals surface area contributed by atoms with E-state index in [1.165, 1.54) is 0 Å². The average molecular weight is 328 g/mol. The number of hydrogen-bond donors (Lipinski definition) is 2. The average Bonchev–Trinajstić information content (AvgIpc) is 3.10. The summed E-state index contributed by atoms with van der Waals surface area (Å²) in [5, 5.41) is 12.6. The number of amides is 1. The van der Waals surface area contributed by atoms with E-state index in [4.69, 9.17) is 4.42 Å². The number of carbonyl (C=O) groups excluding carboxylic acids is 1. The van der Waals surface area contributed by atoms with Gasteiger partial charge in [-0.25, -0.2) is 0 Å². The second-order valence-electron chi connectivity index (χ2n) is 6.29. The lowest BCUT2D eigenvalue weighted by Gasteiger charge is -2.30. The summed E-state index contributed by atoms with van der Waals surface area (Å²) >= 11 is 0. The van der Waals surface area contributed by atoms with E-state index in [0.29, 0.717) is 12.8 Å². The van der Waals surface area contributed by atoms with E-state index >= 15 is 0 Å². The Kier molecular flexibility index (Phi) is 5.67. The van der Waals surface area contributed by atoms with Crippen molar-refractivity contribution in [2.24, 2.45) is 0 Å². The van der Waals surface area contributed by atoms with Crippen LogP contribution in [0.25, 0.3) is 0 Å². The fourth-order valence-corrected chi connectivity index (χ4v) is 3.00. The zero-order valence-corrected chi connectivity index (χ0v) is 13.8. The molecule has 1 aliphatic rings. The predicted molar refractivity (Wildman–Crippen MR) is 92.6 cm³/mol. The van der Waals surface area contributed by atoms with E-state index in [1.807, 2.05) is 36.4 Å². The Labute approximate surface area is 142 Å². The molecule has 2 N–H and O–H groups in total. The van der Waals surface area contributed by atoms with E-state index in [1.54, 1.807) is 6.26 Å². The number of piperidine rings is 1. The third-order valence-electron chi connectivity index (χ3n) is 4.42. The molecule has 0 spiro atoms. The van der Waals surface area contributed by atoms with Gasteiger partial charge in [-0.3, -0.25) is 9.69 Å². The molecule has 1 saturated heterocycles. The molecule has 1 aromatic carbocycles. The zero-order valence-electron chi connectivity index (χ0n) is 13.8. The van der Waals surface area contributed by atoms with E-state index in [0.717, 1.165) is 49.5 Å². The van der Waals surface area contributed by atoms with Gasteiger partial charge in [-0.2, -0.15) is 0 Å². The minimum atomic E-state index is -0.169. The van der Waals surface area contributed by atoms with Gasteiger partial charge in [-0.05, 0) is 36.6 Å². The first kappa shape index (κ1) is 16.7. The van der Waals surface area contributed by atoms with E-state index in [-0.39, 0.29) is 12.0 Å². The predicted octanol–water partition coefficient (Wildman–Crippen LogP) is 2.81. The Morgan fingerprint density at radius 3 is 2.75 bits per heavy atom. The van der Waals surface area contributed by atoms with Crippen molar-refractivity contribution in [1.29, 1.82) is 0 Å². The Balaban J connectivity index is 1.56. The molecule has 2 aromatic rings. The van der Waals surface area contributed by atoms with Crippen molar-refractivity contribution in [3.05, 3.63) is 54.0 Å². The minimum Gasteiger partial charge on any atom is -0.469 e. The van der Waals surface area contributed by atoms with Crippen molar-refractivity contribution in [2.75, 3.05) is 18.4 Å². The Morgan fingerprint density at radius 2 is 2.00 bits per heavy atom. The fourth-order valence-electron chi connectivity index (χ4n) is 3.00. The van der Waals surface area contributed by atoms with Crippen LogP contribution in [0.3, 0.4) is 0 Å². The summed E-state index contributed by atoms with van der Waals surface area (Å²) in [7, 11) is 0. The molecule has 128 valence electrons. The maximum absolute atomic E-state index is 12.2. The molecule has 0 unspecified atom stereocenters. The van der Waals surface area contributed by atoms with Crippen LogP contribution in [-0.2, 0) is 17.8 Å². The number of aliphatic hydroxyl groups excluding tert-OH is 1. The molecule has 2 heterocycles. The highest BCUT2D eigenvalue weighted by molar-refractivity contribution is 5.91. The number of aliphatic hydroxyl groups is 1. The van der Waals surface area contributed by atoms with Crippen molar-refractivity contribution in [1.82, 2.24) is 4.90 Å². The summed E-state index contributed by atoms with van der Waals surface area (Å²) in [6, 6.07) is 11.6. The van der Waals surface area contributed by atoms with Gasteiger partial charge in [0.15, 0.2) is 0 Å². The van der Waals surface area contributed by atoms with Crippen molar-refractivity contribution in [3.63, 3.8) is 0 Å². The molecule has 5 heteroatoms. The van der Waals surface area contributed by atoms with E-state index in [9.17, 15) is 9.90 Å². The number of furan rings is 1. The molecule has 1 amide bonds. The largest absolute Gasteiger partial charge is 0.469 e. The first-order chi connectivity index (χ1) is 11.7. The normalized spacial score (nSPS) is 16.2. The second kappa shape index (κ2) is 8.13. The number of anilines is 1. The molecular weight excluding hydrogens is 304 g/mol. The maximum atomic E-state index is 12.2. The number of carbonyl (C=O) groups is 1. The number of para-hydroxylation sites is 1. The molecule has 0 saturated carbocycles. The summed E-state index contributed by atoms with van der Waals surface area (Å²) in [6.45, 7) is 2.57. The highest BCUT2D eigenvalue weighted by Gasteiger charge is 2.18. The Morgan fingerprint density at radius 1 is 1.21 bits per heavy atom.